The molecule has 1 fully saturated rings. The fraction of sp³-hybridized carbons (Fsp3) is 0.524. The van der Waals surface area contributed by atoms with Gasteiger partial charge in [0.1, 0.15) is 0 Å². The molecule has 4 rings (SSSR count). The van der Waals surface area contributed by atoms with E-state index in [4.69, 9.17) is 9.47 Å². The summed E-state index contributed by atoms with van der Waals surface area (Å²) in [6.07, 6.45) is 3.68. The molecule has 0 amide bonds. The summed E-state index contributed by atoms with van der Waals surface area (Å²) in [5, 5.41) is 1.60. The Morgan fingerprint density at radius 2 is 1.89 bits per heavy atom. The van der Waals surface area contributed by atoms with Crippen LogP contribution in [0.5, 0.6) is 0 Å². The van der Waals surface area contributed by atoms with E-state index in [1.54, 1.807) is 0 Å². The van der Waals surface area contributed by atoms with E-state index in [1.807, 2.05) is 11.8 Å². The highest BCUT2D eigenvalue weighted by Crippen LogP contribution is 2.46. The van der Waals surface area contributed by atoms with Crippen LogP contribution >= 0.6 is 11.8 Å². The van der Waals surface area contributed by atoms with Crippen molar-refractivity contribution < 1.29 is 19.1 Å². The Morgan fingerprint density at radius 3 is 2.57 bits per heavy atom. The van der Waals surface area contributed by atoms with Crippen molar-refractivity contribution in [2.24, 2.45) is 11.8 Å². The second-order valence-corrected chi connectivity index (χ2v) is 8.52. The Kier molecular flexibility index (Phi) is 5.38. The number of carbonyl (C=O) groups excluding carboxylic acids is 2. The number of para-hydroxylation sites is 1. The fourth-order valence-electron chi connectivity index (χ4n) is 4.84. The number of methoxy groups -OCH3 is 2. The number of hydrogen-bond donors (Lipinski definition) is 0. The summed E-state index contributed by atoms with van der Waals surface area (Å²) in [7, 11) is 2.66. The molecule has 0 bridgehead atoms. The fourth-order valence-corrected chi connectivity index (χ4v) is 5.63. The molecule has 2 aliphatic rings. The maximum atomic E-state index is 12.3. The smallest absolute Gasteiger partial charge is 0.320 e. The molecule has 2 aromatic rings. The second-order valence-electron chi connectivity index (χ2n) is 7.51. The van der Waals surface area contributed by atoms with Crippen LogP contribution in [0.25, 0.3) is 10.9 Å². The molecule has 0 unspecified atom stereocenters. The number of thioether (sulfide) groups is 1. The first-order chi connectivity index (χ1) is 13.6. The van der Waals surface area contributed by atoms with Crippen LogP contribution in [0.1, 0.15) is 30.0 Å². The molecular formula is C21H26N2O4S. The second kappa shape index (κ2) is 7.79. The van der Waals surface area contributed by atoms with Gasteiger partial charge in [0.15, 0.2) is 5.92 Å². The molecule has 1 aromatic carbocycles. The van der Waals surface area contributed by atoms with Gasteiger partial charge < -0.3 is 14.0 Å². The highest BCUT2D eigenvalue weighted by atomic mass is 32.2. The van der Waals surface area contributed by atoms with Crippen LogP contribution < -0.4 is 0 Å². The SMILES string of the molecule is COC(=O)C(C(=O)OC)[C@@H]1CCN2C[C@@H](SC)n3c(cc4ccccc43)[C@@H]2C1. The monoisotopic (exact) mass is 402 g/mol. The van der Waals surface area contributed by atoms with Crippen LogP contribution in [0.2, 0.25) is 0 Å². The van der Waals surface area contributed by atoms with E-state index in [0.717, 1.165) is 25.9 Å². The summed E-state index contributed by atoms with van der Waals surface area (Å²) in [6.45, 7) is 1.82. The number of carbonyl (C=O) groups is 2. The lowest BCUT2D eigenvalue weighted by Crippen LogP contribution is -2.47. The van der Waals surface area contributed by atoms with Gasteiger partial charge in [0.2, 0.25) is 0 Å². The standard InChI is InChI=1S/C21H26N2O4S/c1-26-20(24)19(21(25)27-2)14-8-9-22-12-18(28-3)23-15-7-5-4-6-13(15)10-17(23)16(22)11-14/h4-7,10,14,16,18-19H,8-9,11-12H2,1-3H3/t14-,16+,18-/m1/s1. The van der Waals surface area contributed by atoms with E-state index in [2.05, 4.69) is 46.1 Å². The van der Waals surface area contributed by atoms with Gasteiger partial charge in [-0.1, -0.05) is 18.2 Å². The average Bonchev–Trinajstić information content (AvgIpc) is 3.13. The lowest BCUT2D eigenvalue weighted by atomic mass is 9.79. The van der Waals surface area contributed by atoms with Gasteiger partial charge >= 0.3 is 11.9 Å². The third kappa shape index (κ3) is 3.10. The van der Waals surface area contributed by atoms with E-state index in [-0.39, 0.29) is 12.0 Å². The third-order valence-corrected chi connectivity index (χ3v) is 7.11. The maximum absolute atomic E-state index is 12.3. The lowest BCUT2D eigenvalue weighted by molar-refractivity contribution is -0.163. The van der Waals surface area contributed by atoms with Crippen molar-refractivity contribution in [1.29, 1.82) is 0 Å². The summed E-state index contributed by atoms with van der Waals surface area (Å²) in [5.41, 5.74) is 2.51. The Balaban J connectivity index is 1.71. The van der Waals surface area contributed by atoms with Crippen LogP contribution in [0.4, 0.5) is 0 Å². The van der Waals surface area contributed by atoms with Crippen molar-refractivity contribution in [2.75, 3.05) is 33.6 Å². The molecule has 3 atom stereocenters. The van der Waals surface area contributed by atoms with Gasteiger partial charge in [0, 0.05) is 17.8 Å². The first kappa shape index (κ1) is 19.3. The number of benzene rings is 1. The number of rotatable bonds is 4. The number of aromatic nitrogens is 1. The summed E-state index contributed by atoms with van der Waals surface area (Å²) < 4.78 is 12.3. The van der Waals surface area contributed by atoms with Crippen LogP contribution in [0.15, 0.2) is 30.3 Å². The minimum atomic E-state index is -0.853. The van der Waals surface area contributed by atoms with Gasteiger partial charge in [0.05, 0.1) is 25.6 Å². The Labute approximate surface area is 169 Å². The normalized spacial score (nSPS) is 24.6. The third-order valence-electron chi connectivity index (χ3n) is 6.21. The summed E-state index contributed by atoms with van der Waals surface area (Å²) >= 11 is 1.86. The number of nitrogens with zero attached hydrogens (tertiary/aromatic N) is 2. The quantitative estimate of drug-likeness (QED) is 0.578. The molecular weight excluding hydrogens is 376 g/mol. The minimum absolute atomic E-state index is 0.0848. The van der Waals surface area contributed by atoms with Gasteiger partial charge in [-0.2, -0.15) is 0 Å². The zero-order valence-corrected chi connectivity index (χ0v) is 17.3. The molecule has 28 heavy (non-hydrogen) atoms. The molecule has 3 heterocycles. The van der Waals surface area contributed by atoms with Gasteiger partial charge in [0.25, 0.3) is 0 Å². The van der Waals surface area contributed by atoms with Gasteiger partial charge in [-0.3, -0.25) is 14.5 Å². The van der Waals surface area contributed by atoms with Gasteiger partial charge in [-0.15, -0.1) is 11.8 Å². The largest absolute Gasteiger partial charge is 0.468 e. The van der Waals surface area contributed by atoms with Crippen LogP contribution in [0, 0.1) is 11.8 Å². The lowest BCUT2D eigenvalue weighted by Gasteiger charge is -2.46. The summed E-state index contributed by atoms with van der Waals surface area (Å²) in [5.74, 6) is -1.93. The number of fused-ring (bicyclic) bond motifs is 5. The first-order valence-corrected chi connectivity index (χ1v) is 10.9. The minimum Gasteiger partial charge on any atom is -0.468 e. The van der Waals surface area contributed by atoms with Crippen LogP contribution in [-0.4, -0.2) is 55.0 Å². The highest BCUT2D eigenvalue weighted by molar-refractivity contribution is 7.98. The van der Waals surface area contributed by atoms with E-state index in [1.165, 1.54) is 30.8 Å². The van der Waals surface area contributed by atoms with Crippen molar-refractivity contribution in [3.8, 4) is 0 Å². The Bertz CT molecular complexity index is 880. The molecule has 2 aliphatic heterocycles. The van der Waals surface area contributed by atoms with Gasteiger partial charge in [-0.05, 0) is 49.1 Å². The molecule has 0 radical (unpaired) electrons. The average molecular weight is 403 g/mol. The van der Waals surface area contributed by atoms with Crippen LogP contribution in [0.3, 0.4) is 0 Å². The predicted molar refractivity (Wildman–Crippen MR) is 109 cm³/mol. The van der Waals surface area contributed by atoms with Crippen molar-refractivity contribution in [3.05, 3.63) is 36.0 Å². The number of hydrogen-bond acceptors (Lipinski definition) is 6. The Morgan fingerprint density at radius 1 is 1.18 bits per heavy atom. The summed E-state index contributed by atoms with van der Waals surface area (Å²) in [4.78, 5) is 27.1. The molecule has 1 saturated heterocycles. The van der Waals surface area contributed by atoms with Crippen molar-refractivity contribution in [2.45, 2.75) is 24.3 Å². The molecule has 150 valence electrons. The predicted octanol–water partition coefficient (Wildman–Crippen LogP) is 3.23. The zero-order chi connectivity index (χ0) is 19.8. The van der Waals surface area contributed by atoms with E-state index >= 15 is 0 Å². The first-order valence-electron chi connectivity index (χ1n) is 9.61. The van der Waals surface area contributed by atoms with Crippen LogP contribution in [-0.2, 0) is 19.1 Å². The highest BCUT2D eigenvalue weighted by Gasteiger charge is 2.44. The molecule has 6 nitrogen and oxygen atoms in total. The summed E-state index contributed by atoms with van der Waals surface area (Å²) in [6, 6.07) is 10.9. The number of piperidine rings is 1. The number of esters is 2. The maximum Gasteiger partial charge on any atom is 0.320 e. The zero-order valence-electron chi connectivity index (χ0n) is 16.5. The van der Waals surface area contributed by atoms with Crippen molar-refractivity contribution in [1.82, 2.24) is 9.47 Å². The molecule has 0 spiro atoms. The Hall–Kier alpha value is -1.99. The molecule has 0 saturated carbocycles. The van der Waals surface area contributed by atoms with Gasteiger partial charge in [-0.25, -0.2) is 0 Å². The molecule has 7 heteroatoms. The van der Waals surface area contributed by atoms with E-state index in [9.17, 15) is 9.59 Å². The topological polar surface area (TPSA) is 60.8 Å². The van der Waals surface area contributed by atoms with Crippen molar-refractivity contribution in [3.63, 3.8) is 0 Å². The van der Waals surface area contributed by atoms with E-state index in [0.29, 0.717) is 5.37 Å². The molecule has 0 aliphatic carbocycles. The molecule has 0 N–H and O–H groups in total. The van der Waals surface area contributed by atoms with Crippen molar-refractivity contribution >= 4 is 34.6 Å². The molecule has 1 aromatic heterocycles. The van der Waals surface area contributed by atoms with E-state index < -0.39 is 17.9 Å². The number of ether oxygens (including phenoxy) is 2.